The Kier molecular flexibility index (Phi) is 4.59. The Morgan fingerprint density at radius 3 is 2.63 bits per heavy atom. The molecule has 0 spiro atoms. The molecule has 1 aliphatic carbocycles. The maximum Gasteiger partial charge on any atom is 0.223 e. The molecule has 1 saturated carbocycles. The maximum absolute atomic E-state index is 11.8. The smallest absolute Gasteiger partial charge is 0.223 e. The van der Waals surface area contributed by atoms with Gasteiger partial charge in [0.1, 0.15) is 0 Å². The molecule has 1 aromatic carbocycles. The second-order valence-electron chi connectivity index (χ2n) is 5.75. The van der Waals surface area contributed by atoms with Crippen molar-refractivity contribution in [2.45, 2.75) is 44.6 Å². The first-order valence-corrected chi connectivity index (χ1v) is 7.12. The number of carbonyl (C=O) groups excluding carboxylic acids is 1. The van der Waals surface area contributed by atoms with Gasteiger partial charge in [-0.2, -0.15) is 0 Å². The Morgan fingerprint density at radius 2 is 2.05 bits per heavy atom. The second-order valence-corrected chi connectivity index (χ2v) is 5.75. The summed E-state index contributed by atoms with van der Waals surface area (Å²) in [5, 5.41) is 13.3. The Hall–Kier alpha value is -1.35. The minimum Gasteiger partial charge on any atom is -0.385 e. The third kappa shape index (κ3) is 4.06. The van der Waals surface area contributed by atoms with Gasteiger partial charge in [-0.05, 0) is 24.8 Å². The number of rotatable bonds is 6. The molecule has 1 aromatic rings. The van der Waals surface area contributed by atoms with Gasteiger partial charge < -0.3 is 10.4 Å². The van der Waals surface area contributed by atoms with Gasteiger partial charge in [0.25, 0.3) is 0 Å². The highest BCUT2D eigenvalue weighted by molar-refractivity contribution is 5.77. The molecular formula is C16H23NO2. The van der Waals surface area contributed by atoms with E-state index in [0.717, 1.165) is 24.4 Å². The molecule has 1 unspecified atom stereocenters. The molecule has 1 amide bonds. The molecule has 2 N–H and O–H groups in total. The summed E-state index contributed by atoms with van der Waals surface area (Å²) in [4.78, 5) is 11.8. The highest BCUT2D eigenvalue weighted by Gasteiger charge is 2.26. The molecule has 2 rings (SSSR count). The molecule has 0 radical (unpaired) electrons. The van der Waals surface area contributed by atoms with Crippen molar-refractivity contribution in [3.05, 3.63) is 35.9 Å². The number of amides is 1. The van der Waals surface area contributed by atoms with E-state index in [1.165, 1.54) is 19.3 Å². The van der Waals surface area contributed by atoms with Crippen molar-refractivity contribution >= 4 is 5.91 Å². The Bertz CT molecular complexity index is 410. The van der Waals surface area contributed by atoms with Crippen molar-refractivity contribution < 1.29 is 9.90 Å². The van der Waals surface area contributed by atoms with Crippen molar-refractivity contribution in [2.24, 2.45) is 5.92 Å². The lowest BCUT2D eigenvalue weighted by atomic mass is 9.83. The van der Waals surface area contributed by atoms with Crippen LogP contribution in [0.5, 0.6) is 0 Å². The average molecular weight is 261 g/mol. The average Bonchev–Trinajstić information content (AvgIpc) is 2.33. The van der Waals surface area contributed by atoms with E-state index < -0.39 is 5.60 Å². The van der Waals surface area contributed by atoms with Crippen molar-refractivity contribution in [3.8, 4) is 0 Å². The van der Waals surface area contributed by atoms with Crippen LogP contribution >= 0.6 is 0 Å². The van der Waals surface area contributed by atoms with Gasteiger partial charge in [-0.25, -0.2) is 0 Å². The van der Waals surface area contributed by atoms with Crippen LogP contribution in [-0.2, 0) is 10.4 Å². The molecule has 19 heavy (non-hydrogen) atoms. The minimum absolute atomic E-state index is 0.0758. The summed E-state index contributed by atoms with van der Waals surface area (Å²) in [6.07, 6.45) is 5.12. The van der Waals surface area contributed by atoms with Crippen molar-refractivity contribution in [1.29, 1.82) is 0 Å². The zero-order valence-electron chi connectivity index (χ0n) is 11.6. The molecule has 0 aromatic heterocycles. The second kappa shape index (κ2) is 6.20. The van der Waals surface area contributed by atoms with Crippen LogP contribution in [0.25, 0.3) is 0 Å². The molecule has 0 saturated heterocycles. The normalized spacial score (nSPS) is 18.4. The lowest BCUT2D eigenvalue weighted by Gasteiger charge is -2.26. The van der Waals surface area contributed by atoms with Gasteiger partial charge in [0, 0.05) is 6.54 Å². The highest BCUT2D eigenvalue weighted by atomic mass is 16.3. The Morgan fingerprint density at radius 1 is 1.37 bits per heavy atom. The van der Waals surface area contributed by atoms with Crippen LogP contribution in [0.1, 0.15) is 44.6 Å². The largest absolute Gasteiger partial charge is 0.385 e. The summed E-state index contributed by atoms with van der Waals surface area (Å²) in [6.45, 7) is 2.42. The molecule has 1 aliphatic rings. The minimum atomic E-state index is -1.10. The summed E-state index contributed by atoms with van der Waals surface area (Å²) >= 11 is 0. The first-order valence-electron chi connectivity index (χ1n) is 7.12. The van der Waals surface area contributed by atoms with Crippen molar-refractivity contribution in [1.82, 2.24) is 5.32 Å². The zero-order chi connectivity index (χ0) is 13.7. The summed E-state index contributed by atoms with van der Waals surface area (Å²) in [7, 11) is 0. The number of hydrogen-bond donors (Lipinski definition) is 2. The van der Waals surface area contributed by atoms with Crippen LogP contribution in [0.4, 0.5) is 0 Å². The fourth-order valence-corrected chi connectivity index (χ4v) is 2.47. The third-order valence-corrected chi connectivity index (χ3v) is 4.00. The van der Waals surface area contributed by atoms with Gasteiger partial charge in [0.2, 0.25) is 5.91 Å². The molecule has 1 atom stereocenters. The van der Waals surface area contributed by atoms with Gasteiger partial charge in [0.05, 0.1) is 12.0 Å². The number of hydrogen-bond acceptors (Lipinski definition) is 2. The Labute approximate surface area is 115 Å². The first-order chi connectivity index (χ1) is 9.08. The fraction of sp³-hybridized carbons (Fsp3) is 0.562. The fourth-order valence-electron chi connectivity index (χ4n) is 2.47. The van der Waals surface area contributed by atoms with E-state index in [9.17, 15) is 9.90 Å². The summed E-state index contributed by atoms with van der Waals surface area (Å²) in [5.74, 6) is 0.725. The Balaban J connectivity index is 1.77. The zero-order valence-corrected chi connectivity index (χ0v) is 11.6. The van der Waals surface area contributed by atoms with E-state index in [2.05, 4.69) is 5.32 Å². The number of carbonyl (C=O) groups is 1. The van der Waals surface area contributed by atoms with Crippen LogP contribution in [-0.4, -0.2) is 17.6 Å². The molecule has 0 heterocycles. The highest BCUT2D eigenvalue weighted by Crippen LogP contribution is 2.29. The monoisotopic (exact) mass is 261 g/mol. The van der Waals surface area contributed by atoms with E-state index in [0.29, 0.717) is 0 Å². The van der Waals surface area contributed by atoms with E-state index >= 15 is 0 Å². The lowest BCUT2D eigenvalue weighted by Crippen LogP contribution is -2.34. The number of nitrogens with one attached hydrogen (secondary N) is 1. The quantitative estimate of drug-likeness (QED) is 0.827. The standard InChI is InChI=1S/C16H23NO2/c1-16(19,14-8-3-2-4-9-14)12-15(18)17-11-10-13-6-5-7-13/h2-4,8-9,13,19H,5-7,10-12H2,1H3,(H,17,18). The van der Waals surface area contributed by atoms with Crippen LogP contribution in [0, 0.1) is 5.92 Å². The van der Waals surface area contributed by atoms with E-state index in [1.807, 2.05) is 30.3 Å². The van der Waals surface area contributed by atoms with Gasteiger partial charge in [0.15, 0.2) is 0 Å². The molecule has 3 heteroatoms. The van der Waals surface area contributed by atoms with Crippen molar-refractivity contribution in [2.75, 3.05) is 6.54 Å². The van der Waals surface area contributed by atoms with Gasteiger partial charge in [-0.3, -0.25) is 4.79 Å². The summed E-state index contributed by atoms with van der Waals surface area (Å²) < 4.78 is 0. The summed E-state index contributed by atoms with van der Waals surface area (Å²) in [5.41, 5.74) is -0.314. The van der Waals surface area contributed by atoms with Gasteiger partial charge in [-0.1, -0.05) is 49.6 Å². The predicted octanol–water partition coefficient (Wildman–Crippen LogP) is 2.59. The maximum atomic E-state index is 11.8. The van der Waals surface area contributed by atoms with Crippen LogP contribution < -0.4 is 5.32 Å². The third-order valence-electron chi connectivity index (χ3n) is 4.00. The van der Waals surface area contributed by atoms with Crippen LogP contribution in [0.15, 0.2) is 30.3 Å². The lowest BCUT2D eigenvalue weighted by molar-refractivity contribution is -0.125. The topological polar surface area (TPSA) is 49.3 Å². The number of benzene rings is 1. The molecule has 104 valence electrons. The number of aliphatic hydroxyl groups is 1. The van der Waals surface area contributed by atoms with E-state index in [-0.39, 0.29) is 12.3 Å². The predicted molar refractivity (Wildman–Crippen MR) is 75.6 cm³/mol. The first kappa shape index (κ1) is 14.1. The molecule has 1 fully saturated rings. The van der Waals surface area contributed by atoms with Gasteiger partial charge in [-0.15, -0.1) is 0 Å². The van der Waals surface area contributed by atoms with E-state index in [4.69, 9.17) is 0 Å². The molecule has 0 bridgehead atoms. The van der Waals surface area contributed by atoms with E-state index in [1.54, 1.807) is 6.92 Å². The van der Waals surface area contributed by atoms with Crippen LogP contribution in [0.3, 0.4) is 0 Å². The molecule has 0 aliphatic heterocycles. The molecular weight excluding hydrogens is 238 g/mol. The van der Waals surface area contributed by atoms with Crippen molar-refractivity contribution in [3.63, 3.8) is 0 Å². The SMILES string of the molecule is CC(O)(CC(=O)NCCC1CCC1)c1ccccc1. The summed E-state index contributed by atoms with van der Waals surface area (Å²) in [6, 6.07) is 9.35. The van der Waals surface area contributed by atoms with Gasteiger partial charge >= 0.3 is 0 Å². The van der Waals surface area contributed by atoms with Crippen LogP contribution in [0.2, 0.25) is 0 Å². The molecule has 3 nitrogen and oxygen atoms in total.